The number of aromatic nitrogens is 2. The van der Waals surface area contributed by atoms with Crippen LogP contribution in [0.1, 0.15) is 6.42 Å². The summed E-state index contributed by atoms with van der Waals surface area (Å²) in [5.74, 6) is -1.13. The Morgan fingerprint density at radius 2 is 1.82 bits per heavy atom. The van der Waals surface area contributed by atoms with E-state index in [0.717, 1.165) is 11.0 Å². The maximum Gasteiger partial charge on any atom is 0.328 e. The van der Waals surface area contributed by atoms with Crippen molar-refractivity contribution < 1.29 is 14.3 Å². The molecule has 1 amide bonds. The van der Waals surface area contributed by atoms with Crippen molar-refractivity contribution in [2.45, 2.75) is 13.0 Å². The zero-order valence-electron chi connectivity index (χ0n) is 14.9. The van der Waals surface area contributed by atoms with Gasteiger partial charge in [-0.25, -0.2) is 4.79 Å². The molecule has 1 aromatic heterocycles. The fourth-order valence-corrected chi connectivity index (χ4v) is 3.12. The Balaban J connectivity index is 1.55. The number of nitrogens with zero attached hydrogens (tertiary/aromatic N) is 2. The number of halogens is 2. The molecule has 2 aromatic carbocycles. The number of rotatable bonds is 6. The number of benzene rings is 2. The van der Waals surface area contributed by atoms with Gasteiger partial charge >= 0.3 is 11.7 Å². The number of ether oxygens (including phenoxy) is 1. The van der Waals surface area contributed by atoms with Crippen LogP contribution in [-0.2, 0) is 27.9 Å². The van der Waals surface area contributed by atoms with Gasteiger partial charge in [-0.05, 0) is 30.3 Å². The Labute approximate surface area is 170 Å². The number of carbonyl (C=O) groups excluding carboxylic acids is 2. The third kappa shape index (κ3) is 4.37. The average molecular weight is 422 g/mol. The topological polar surface area (TPSA) is 82.3 Å². The standard InChI is InChI=1S/C19H17Cl2N3O4/c1-23-15-4-2-3-5-16(15)24(19(23)27)9-8-18(26)28-11-17(25)22-14-10-12(20)6-7-13(14)21/h2-7,10H,8-9,11H2,1H3,(H,22,25). The van der Waals surface area contributed by atoms with Crippen molar-refractivity contribution in [2.75, 3.05) is 11.9 Å². The number of fused-ring (bicyclic) bond motifs is 1. The molecule has 0 saturated heterocycles. The zero-order chi connectivity index (χ0) is 20.3. The van der Waals surface area contributed by atoms with Crippen LogP contribution < -0.4 is 11.0 Å². The number of para-hydroxylation sites is 2. The molecule has 0 saturated carbocycles. The number of anilines is 1. The zero-order valence-corrected chi connectivity index (χ0v) is 16.5. The van der Waals surface area contributed by atoms with Crippen molar-refractivity contribution in [1.29, 1.82) is 0 Å². The number of hydrogen-bond acceptors (Lipinski definition) is 4. The van der Waals surface area contributed by atoms with Crippen molar-refractivity contribution in [2.24, 2.45) is 7.05 Å². The van der Waals surface area contributed by atoms with Crippen LogP contribution >= 0.6 is 23.2 Å². The summed E-state index contributed by atoms with van der Waals surface area (Å²) in [6.07, 6.45) is -0.0425. The van der Waals surface area contributed by atoms with Gasteiger partial charge in [0.2, 0.25) is 0 Å². The normalized spacial score (nSPS) is 10.8. The molecule has 0 radical (unpaired) electrons. The predicted octanol–water partition coefficient (Wildman–Crippen LogP) is 3.22. The molecule has 1 N–H and O–H groups in total. The lowest BCUT2D eigenvalue weighted by Gasteiger charge is -2.09. The molecule has 0 atom stereocenters. The molecule has 3 rings (SSSR count). The molecule has 0 bridgehead atoms. The van der Waals surface area contributed by atoms with E-state index in [9.17, 15) is 14.4 Å². The fourth-order valence-electron chi connectivity index (χ4n) is 2.78. The van der Waals surface area contributed by atoms with E-state index < -0.39 is 18.5 Å². The van der Waals surface area contributed by atoms with Crippen LogP contribution in [0.15, 0.2) is 47.3 Å². The Morgan fingerprint density at radius 1 is 1.11 bits per heavy atom. The Morgan fingerprint density at radius 3 is 2.57 bits per heavy atom. The maximum atomic E-state index is 12.3. The van der Waals surface area contributed by atoms with Gasteiger partial charge in [0.25, 0.3) is 5.91 Å². The summed E-state index contributed by atoms with van der Waals surface area (Å²) >= 11 is 11.8. The van der Waals surface area contributed by atoms with Crippen LogP contribution in [0.25, 0.3) is 11.0 Å². The summed E-state index contributed by atoms with van der Waals surface area (Å²) in [6.45, 7) is -0.313. The van der Waals surface area contributed by atoms with Crippen molar-refractivity contribution in [1.82, 2.24) is 9.13 Å². The third-order valence-electron chi connectivity index (χ3n) is 4.16. The minimum atomic E-state index is -0.591. The summed E-state index contributed by atoms with van der Waals surface area (Å²) in [5.41, 5.74) is 1.62. The van der Waals surface area contributed by atoms with E-state index in [4.69, 9.17) is 27.9 Å². The third-order valence-corrected chi connectivity index (χ3v) is 4.72. The molecule has 0 aliphatic heterocycles. The first-order valence-electron chi connectivity index (χ1n) is 8.41. The van der Waals surface area contributed by atoms with Gasteiger partial charge in [0.05, 0.1) is 28.2 Å². The number of esters is 1. The first-order valence-corrected chi connectivity index (χ1v) is 9.17. The van der Waals surface area contributed by atoms with Crippen molar-refractivity contribution in [3.63, 3.8) is 0 Å². The lowest BCUT2D eigenvalue weighted by atomic mass is 10.3. The van der Waals surface area contributed by atoms with Crippen molar-refractivity contribution in [3.05, 3.63) is 63.0 Å². The second-order valence-electron chi connectivity index (χ2n) is 6.06. The van der Waals surface area contributed by atoms with E-state index >= 15 is 0 Å². The van der Waals surface area contributed by atoms with Gasteiger partial charge in [-0.3, -0.25) is 18.7 Å². The fraction of sp³-hybridized carbons (Fsp3) is 0.211. The van der Waals surface area contributed by atoms with Crippen LogP contribution in [0.4, 0.5) is 5.69 Å². The average Bonchev–Trinajstić information content (AvgIpc) is 2.92. The molecule has 146 valence electrons. The van der Waals surface area contributed by atoms with E-state index in [0.29, 0.717) is 15.7 Å². The first kappa shape index (κ1) is 20.0. The quantitative estimate of drug-likeness (QED) is 0.619. The molecular weight excluding hydrogens is 405 g/mol. The molecule has 28 heavy (non-hydrogen) atoms. The number of amides is 1. The molecular formula is C19H17Cl2N3O4. The van der Waals surface area contributed by atoms with Gasteiger partial charge in [-0.2, -0.15) is 0 Å². The number of nitrogens with one attached hydrogen (secondary N) is 1. The van der Waals surface area contributed by atoms with Crippen molar-refractivity contribution >= 4 is 51.8 Å². The highest BCUT2D eigenvalue weighted by Crippen LogP contribution is 2.25. The van der Waals surface area contributed by atoms with E-state index in [1.54, 1.807) is 19.2 Å². The first-order chi connectivity index (χ1) is 13.4. The molecule has 0 unspecified atom stereocenters. The lowest BCUT2D eigenvalue weighted by Crippen LogP contribution is -2.25. The van der Waals surface area contributed by atoms with E-state index in [1.807, 2.05) is 24.3 Å². The Hall–Kier alpha value is -2.77. The number of carbonyl (C=O) groups is 2. The summed E-state index contributed by atoms with van der Waals surface area (Å²) < 4.78 is 8.00. The smallest absolute Gasteiger partial charge is 0.328 e. The summed E-state index contributed by atoms with van der Waals surface area (Å²) in [7, 11) is 1.67. The second-order valence-corrected chi connectivity index (χ2v) is 6.91. The molecule has 1 heterocycles. The van der Waals surface area contributed by atoms with Crippen LogP contribution in [0.5, 0.6) is 0 Å². The van der Waals surface area contributed by atoms with Gasteiger partial charge in [0.1, 0.15) is 0 Å². The van der Waals surface area contributed by atoms with Gasteiger partial charge < -0.3 is 10.1 Å². The van der Waals surface area contributed by atoms with Crippen LogP contribution in [0.3, 0.4) is 0 Å². The molecule has 0 aliphatic carbocycles. The molecule has 0 spiro atoms. The second kappa shape index (κ2) is 8.50. The van der Waals surface area contributed by atoms with E-state index in [1.165, 1.54) is 15.2 Å². The number of hydrogen-bond donors (Lipinski definition) is 1. The Bertz CT molecular complexity index is 1100. The van der Waals surface area contributed by atoms with Crippen LogP contribution in [0.2, 0.25) is 10.0 Å². The van der Waals surface area contributed by atoms with Crippen LogP contribution in [0, 0.1) is 0 Å². The lowest BCUT2D eigenvalue weighted by molar-refractivity contribution is -0.147. The molecule has 7 nitrogen and oxygen atoms in total. The monoisotopic (exact) mass is 421 g/mol. The maximum absolute atomic E-state index is 12.3. The predicted molar refractivity (Wildman–Crippen MR) is 108 cm³/mol. The van der Waals surface area contributed by atoms with Gasteiger partial charge in [0.15, 0.2) is 6.61 Å². The molecule has 0 fully saturated rings. The van der Waals surface area contributed by atoms with E-state index in [-0.39, 0.29) is 18.7 Å². The minimum Gasteiger partial charge on any atom is -0.456 e. The van der Waals surface area contributed by atoms with Crippen LogP contribution in [-0.4, -0.2) is 27.6 Å². The largest absolute Gasteiger partial charge is 0.456 e. The van der Waals surface area contributed by atoms with Crippen molar-refractivity contribution in [3.8, 4) is 0 Å². The highest BCUT2D eigenvalue weighted by molar-refractivity contribution is 6.35. The molecule has 0 aliphatic rings. The Kier molecular flexibility index (Phi) is 6.06. The van der Waals surface area contributed by atoms with Gasteiger partial charge in [0, 0.05) is 18.6 Å². The number of aryl methyl sites for hydroxylation is 2. The summed E-state index contributed by atoms with van der Waals surface area (Å²) in [4.78, 5) is 36.2. The van der Waals surface area contributed by atoms with Gasteiger partial charge in [-0.1, -0.05) is 35.3 Å². The number of imidazole rings is 1. The van der Waals surface area contributed by atoms with Gasteiger partial charge in [-0.15, -0.1) is 0 Å². The van der Waals surface area contributed by atoms with E-state index in [2.05, 4.69) is 5.32 Å². The highest BCUT2D eigenvalue weighted by atomic mass is 35.5. The highest BCUT2D eigenvalue weighted by Gasteiger charge is 2.13. The minimum absolute atomic E-state index is 0.0425. The SMILES string of the molecule is Cn1c(=O)n(CCC(=O)OCC(=O)Nc2cc(Cl)ccc2Cl)c2ccccc21. The molecule has 3 aromatic rings. The summed E-state index contributed by atoms with van der Waals surface area (Å²) in [5, 5.41) is 3.26. The molecule has 9 heteroatoms. The summed E-state index contributed by atoms with van der Waals surface area (Å²) in [6, 6.07) is 11.9.